The van der Waals surface area contributed by atoms with Crippen LogP contribution in [-0.4, -0.2) is 22.5 Å². The van der Waals surface area contributed by atoms with E-state index in [1.54, 1.807) is 18.2 Å². The second-order valence-electron chi connectivity index (χ2n) is 6.55. The number of aryl methyl sites for hydroxylation is 2. The summed E-state index contributed by atoms with van der Waals surface area (Å²) in [5.41, 5.74) is 1.61. The normalized spacial score (nSPS) is 16.0. The fourth-order valence-electron chi connectivity index (χ4n) is 3.14. The number of thiophene rings is 1. The summed E-state index contributed by atoms with van der Waals surface area (Å²) in [6.07, 6.45) is 0.501. The zero-order valence-electron chi connectivity index (χ0n) is 14.8. The molecule has 0 unspecified atom stereocenters. The van der Waals surface area contributed by atoms with E-state index < -0.39 is 5.92 Å². The van der Waals surface area contributed by atoms with Gasteiger partial charge in [-0.15, -0.1) is 11.3 Å². The zero-order valence-corrected chi connectivity index (χ0v) is 16.4. The molecule has 0 aliphatic carbocycles. The van der Waals surface area contributed by atoms with Gasteiger partial charge in [-0.2, -0.15) is 0 Å². The molecule has 0 saturated heterocycles. The van der Waals surface area contributed by atoms with Crippen LogP contribution >= 0.6 is 22.9 Å². The van der Waals surface area contributed by atoms with Gasteiger partial charge in [-0.25, -0.2) is 4.98 Å². The van der Waals surface area contributed by atoms with Gasteiger partial charge in [-0.1, -0.05) is 11.6 Å². The quantitative estimate of drug-likeness (QED) is 0.675. The second-order valence-corrected chi connectivity index (χ2v) is 8.19. The predicted molar refractivity (Wildman–Crippen MR) is 104 cm³/mol. The monoisotopic (exact) mass is 404 g/mol. The van der Waals surface area contributed by atoms with Gasteiger partial charge in [-0.05, 0) is 49.6 Å². The molecule has 1 aliphatic rings. The van der Waals surface area contributed by atoms with Crippen molar-refractivity contribution in [3.63, 3.8) is 0 Å². The first-order valence-electron chi connectivity index (χ1n) is 8.49. The maximum absolute atomic E-state index is 12.4. The number of carbonyl (C=O) groups excluding carboxylic acids is 1. The van der Waals surface area contributed by atoms with Gasteiger partial charge < -0.3 is 14.5 Å². The fourth-order valence-corrected chi connectivity index (χ4v) is 4.38. The number of halogens is 1. The molecule has 1 aromatic carbocycles. The second kappa shape index (κ2) is 6.98. The standard InChI is InChI=1S/C19H17ClN2O4S/c1-9-10(2)27-18-16(9)17(23)21-15(22-18)8-26-19(24)12-5-11-6-13(20)3-4-14(11)25-7-12/h3-4,6,12H,5,7-8H2,1-2H3,(H,21,22,23)/t12-/m0/s1. The number of aromatic nitrogens is 2. The number of nitrogens with zero attached hydrogens (tertiary/aromatic N) is 1. The molecule has 0 spiro atoms. The lowest BCUT2D eigenvalue weighted by atomic mass is 9.97. The molecule has 0 fully saturated rings. The van der Waals surface area contributed by atoms with E-state index >= 15 is 0 Å². The minimum absolute atomic E-state index is 0.0844. The summed E-state index contributed by atoms with van der Waals surface area (Å²) >= 11 is 7.47. The van der Waals surface area contributed by atoms with Gasteiger partial charge in [0.25, 0.3) is 5.56 Å². The van der Waals surface area contributed by atoms with Gasteiger partial charge in [0.05, 0.1) is 11.3 Å². The lowest BCUT2D eigenvalue weighted by molar-refractivity contribution is -0.151. The summed E-state index contributed by atoms with van der Waals surface area (Å²) in [7, 11) is 0. The lowest BCUT2D eigenvalue weighted by Gasteiger charge is -2.24. The Morgan fingerprint density at radius 3 is 3.07 bits per heavy atom. The Balaban J connectivity index is 1.47. The SMILES string of the molecule is Cc1sc2nc(COC(=O)[C@@H]3COc4ccc(Cl)cc4C3)[nH]c(=O)c2c1C. The number of fused-ring (bicyclic) bond motifs is 2. The molecule has 0 radical (unpaired) electrons. The van der Waals surface area contributed by atoms with Crippen molar-refractivity contribution < 1.29 is 14.3 Å². The average molecular weight is 405 g/mol. The minimum Gasteiger partial charge on any atom is -0.492 e. The van der Waals surface area contributed by atoms with Crippen molar-refractivity contribution in [2.45, 2.75) is 26.9 Å². The van der Waals surface area contributed by atoms with Gasteiger partial charge >= 0.3 is 5.97 Å². The number of carbonyl (C=O) groups is 1. The average Bonchev–Trinajstić information content (AvgIpc) is 2.93. The number of aromatic amines is 1. The molecule has 6 nitrogen and oxygen atoms in total. The van der Waals surface area contributed by atoms with Gasteiger partial charge in [0.1, 0.15) is 29.6 Å². The molecule has 1 atom stereocenters. The van der Waals surface area contributed by atoms with E-state index in [1.165, 1.54) is 11.3 Å². The summed E-state index contributed by atoms with van der Waals surface area (Å²) in [6, 6.07) is 5.35. The van der Waals surface area contributed by atoms with Crippen LogP contribution in [0.2, 0.25) is 5.02 Å². The van der Waals surface area contributed by atoms with Crippen molar-refractivity contribution in [2.75, 3.05) is 6.61 Å². The van der Waals surface area contributed by atoms with E-state index in [9.17, 15) is 9.59 Å². The maximum atomic E-state index is 12.4. The smallest absolute Gasteiger partial charge is 0.313 e. The van der Waals surface area contributed by atoms with Crippen molar-refractivity contribution in [2.24, 2.45) is 5.92 Å². The van der Waals surface area contributed by atoms with Crippen molar-refractivity contribution >= 4 is 39.1 Å². The van der Waals surface area contributed by atoms with Gasteiger partial charge in [0, 0.05) is 9.90 Å². The van der Waals surface area contributed by atoms with Crippen LogP contribution in [0, 0.1) is 19.8 Å². The number of hydrogen-bond donors (Lipinski definition) is 1. The molecular formula is C19H17ClN2O4S. The van der Waals surface area contributed by atoms with Crippen molar-refractivity contribution in [1.82, 2.24) is 9.97 Å². The Kier molecular flexibility index (Phi) is 4.65. The largest absolute Gasteiger partial charge is 0.492 e. The Bertz CT molecular complexity index is 1110. The van der Waals surface area contributed by atoms with Crippen molar-refractivity contribution in [1.29, 1.82) is 0 Å². The number of esters is 1. The number of ether oxygens (including phenoxy) is 2. The third-order valence-corrected chi connectivity index (χ3v) is 6.04. The predicted octanol–water partition coefficient (Wildman–Crippen LogP) is 3.55. The third-order valence-electron chi connectivity index (χ3n) is 4.70. The summed E-state index contributed by atoms with van der Waals surface area (Å²) < 4.78 is 11.0. The molecule has 27 heavy (non-hydrogen) atoms. The molecule has 1 aliphatic heterocycles. The molecule has 2 aromatic heterocycles. The third kappa shape index (κ3) is 3.44. The number of hydrogen-bond acceptors (Lipinski definition) is 6. The molecule has 0 bridgehead atoms. The van der Waals surface area contributed by atoms with Gasteiger partial charge in [-0.3, -0.25) is 9.59 Å². The van der Waals surface area contributed by atoms with E-state index in [0.29, 0.717) is 27.5 Å². The number of H-pyrrole nitrogens is 1. The molecule has 0 saturated carbocycles. The first-order valence-corrected chi connectivity index (χ1v) is 9.68. The highest BCUT2D eigenvalue weighted by atomic mass is 35.5. The van der Waals surface area contributed by atoms with Crippen LogP contribution in [0.15, 0.2) is 23.0 Å². The fraction of sp³-hybridized carbons (Fsp3) is 0.316. The van der Waals surface area contributed by atoms with Crippen LogP contribution in [-0.2, 0) is 22.6 Å². The van der Waals surface area contributed by atoms with Crippen LogP contribution in [0.1, 0.15) is 21.8 Å². The summed E-state index contributed by atoms with van der Waals surface area (Å²) in [5.74, 6) is 0.269. The number of benzene rings is 1. The van der Waals surface area contributed by atoms with Gasteiger partial charge in [0.15, 0.2) is 0 Å². The molecule has 3 aromatic rings. The topological polar surface area (TPSA) is 81.3 Å². The molecular weight excluding hydrogens is 388 g/mol. The summed E-state index contributed by atoms with van der Waals surface area (Å²) in [6.45, 7) is 4.02. The highest BCUT2D eigenvalue weighted by Crippen LogP contribution is 2.30. The van der Waals surface area contributed by atoms with Gasteiger partial charge in [0.2, 0.25) is 0 Å². The first kappa shape index (κ1) is 18.0. The Labute approximate surface area is 164 Å². The van der Waals surface area contributed by atoms with E-state index in [0.717, 1.165) is 21.8 Å². The molecule has 1 N–H and O–H groups in total. The minimum atomic E-state index is -0.419. The Hall–Kier alpha value is -2.38. The summed E-state index contributed by atoms with van der Waals surface area (Å²) in [5, 5.41) is 1.20. The van der Waals surface area contributed by atoms with Crippen LogP contribution in [0.3, 0.4) is 0 Å². The first-order chi connectivity index (χ1) is 12.9. The molecule has 0 amide bonds. The van der Waals surface area contributed by atoms with Crippen LogP contribution in [0.4, 0.5) is 0 Å². The van der Waals surface area contributed by atoms with E-state index in [-0.39, 0.29) is 24.7 Å². The zero-order chi connectivity index (χ0) is 19.1. The van der Waals surface area contributed by atoms with Crippen LogP contribution in [0.5, 0.6) is 5.75 Å². The van der Waals surface area contributed by atoms with Crippen molar-refractivity contribution in [3.8, 4) is 5.75 Å². The van der Waals surface area contributed by atoms with Crippen LogP contribution in [0.25, 0.3) is 10.2 Å². The maximum Gasteiger partial charge on any atom is 0.313 e. The van der Waals surface area contributed by atoms with E-state index in [1.807, 2.05) is 13.8 Å². The van der Waals surface area contributed by atoms with Crippen molar-refractivity contribution in [3.05, 3.63) is 55.4 Å². The lowest BCUT2D eigenvalue weighted by Crippen LogP contribution is -2.30. The Morgan fingerprint density at radius 1 is 1.44 bits per heavy atom. The highest BCUT2D eigenvalue weighted by molar-refractivity contribution is 7.18. The van der Waals surface area contributed by atoms with E-state index in [4.69, 9.17) is 21.1 Å². The number of rotatable bonds is 3. The number of nitrogens with one attached hydrogen (secondary N) is 1. The molecule has 4 rings (SSSR count). The molecule has 3 heterocycles. The highest BCUT2D eigenvalue weighted by Gasteiger charge is 2.27. The Morgan fingerprint density at radius 2 is 2.26 bits per heavy atom. The summed E-state index contributed by atoms with van der Waals surface area (Å²) in [4.78, 5) is 33.5. The molecule has 8 heteroatoms. The molecule has 140 valence electrons. The van der Waals surface area contributed by atoms with E-state index in [2.05, 4.69) is 9.97 Å². The van der Waals surface area contributed by atoms with Crippen LogP contribution < -0.4 is 10.3 Å².